The Labute approximate surface area is 135 Å². The Kier molecular flexibility index (Phi) is 5.15. The molecule has 23 heavy (non-hydrogen) atoms. The van der Waals surface area contributed by atoms with E-state index < -0.39 is 18.6 Å². The summed E-state index contributed by atoms with van der Waals surface area (Å²) in [6, 6.07) is 5.01. The zero-order valence-corrected chi connectivity index (χ0v) is 12.8. The Morgan fingerprint density at radius 3 is 2.78 bits per heavy atom. The highest BCUT2D eigenvalue weighted by molar-refractivity contribution is 6.32. The van der Waals surface area contributed by atoms with Crippen molar-refractivity contribution in [2.75, 3.05) is 7.11 Å². The van der Waals surface area contributed by atoms with Crippen LogP contribution in [0.1, 0.15) is 15.9 Å². The number of aromatic nitrogens is 2. The highest BCUT2D eigenvalue weighted by atomic mass is 35.5. The topological polar surface area (TPSA) is 56.1 Å². The summed E-state index contributed by atoms with van der Waals surface area (Å²) in [5.74, 6) is -0.0134. The molecule has 0 aliphatic rings. The zero-order chi connectivity index (χ0) is 17.0. The Hall–Kier alpha value is -2.22. The van der Waals surface area contributed by atoms with Gasteiger partial charge in [0, 0.05) is 12.7 Å². The maximum atomic E-state index is 12.2. The fraction of sp³-hybridized carbons (Fsp3) is 0.286. The maximum Gasteiger partial charge on any atom is 0.408 e. The van der Waals surface area contributed by atoms with Crippen molar-refractivity contribution in [1.29, 1.82) is 0 Å². The van der Waals surface area contributed by atoms with E-state index in [0.717, 1.165) is 18.0 Å². The number of alkyl halides is 3. The van der Waals surface area contributed by atoms with Crippen LogP contribution in [0.25, 0.3) is 0 Å². The van der Waals surface area contributed by atoms with Crippen LogP contribution < -0.4 is 10.1 Å². The average Bonchev–Trinajstić information content (AvgIpc) is 2.91. The van der Waals surface area contributed by atoms with Crippen LogP contribution in [-0.4, -0.2) is 29.0 Å². The number of carbonyl (C=O) groups is 1. The number of nitrogens with one attached hydrogen (secondary N) is 1. The number of carbonyl (C=O) groups excluding carboxylic acids is 1. The van der Waals surface area contributed by atoms with E-state index in [1.165, 1.54) is 7.11 Å². The number of methoxy groups -OCH3 is 1. The smallest absolute Gasteiger partial charge is 0.408 e. The second kappa shape index (κ2) is 6.91. The van der Waals surface area contributed by atoms with E-state index in [-0.39, 0.29) is 12.1 Å². The van der Waals surface area contributed by atoms with Crippen LogP contribution in [0.5, 0.6) is 5.75 Å². The molecule has 1 amide bonds. The molecule has 124 valence electrons. The fourth-order valence-electron chi connectivity index (χ4n) is 1.86. The molecule has 1 N–H and O–H groups in total. The van der Waals surface area contributed by atoms with Gasteiger partial charge in [-0.25, -0.2) is 0 Å². The monoisotopic (exact) mass is 347 g/mol. The summed E-state index contributed by atoms with van der Waals surface area (Å²) in [6.07, 6.45) is -2.26. The van der Waals surface area contributed by atoms with Gasteiger partial charge in [0.1, 0.15) is 12.3 Å². The van der Waals surface area contributed by atoms with E-state index in [1.807, 2.05) is 0 Å². The molecule has 0 unspecified atom stereocenters. The summed E-state index contributed by atoms with van der Waals surface area (Å²) in [7, 11) is 1.49. The van der Waals surface area contributed by atoms with Crippen molar-refractivity contribution in [2.45, 2.75) is 19.3 Å². The first-order valence-electron chi connectivity index (χ1n) is 6.48. The second-order valence-electron chi connectivity index (χ2n) is 4.69. The molecule has 0 spiro atoms. The fourth-order valence-corrected chi connectivity index (χ4v) is 2.14. The molecular formula is C14H13ClF3N3O2. The molecule has 1 heterocycles. The molecule has 0 bridgehead atoms. The Morgan fingerprint density at radius 2 is 2.17 bits per heavy atom. The molecular weight excluding hydrogens is 335 g/mol. The molecule has 2 aromatic rings. The van der Waals surface area contributed by atoms with Crippen molar-refractivity contribution in [3.63, 3.8) is 0 Å². The molecule has 0 saturated carbocycles. The minimum absolute atomic E-state index is 0.0499. The van der Waals surface area contributed by atoms with E-state index in [0.29, 0.717) is 15.5 Å². The Balaban J connectivity index is 1.96. The predicted octanol–water partition coefficient (Wildman–Crippen LogP) is 3.04. The van der Waals surface area contributed by atoms with E-state index in [9.17, 15) is 18.0 Å². The van der Waals surface area contributed by atoms with Gasteiger partial charge in [-0.05, 0) is 17.7 Å². The number of halogens is 4. The molecule has 5 nitrogen and oxygen atoms in total. The van der Waals surface area contributed by atoms with Gasteiger partial charge in [0.25, 0.3) is 5.91 Å². The first-order chi connectivity index (χ1) is 10.8. The van der Waals surface area contributed by atoms with Gasteiger partial charge in [-0.15, -0.1) is 0 Å². The summed E-state index contributed by atoms with van der Waals surface area (Å²) >= 11 is 5.97. The summed E-state index contributed by atoms with van der Waals surface area (Å²) < 4.78 is 42.4. The normalized spacial score (nSPS) is 11.3. The van der Waals surface area contributed by atoms with E-state index in [2.05, 4.69) is 10.4 Å². The van der Waals surface area contributed by atoms with Gasteiger partial charge in [-0.1, -0.05) is 17.7 Å². The molecule has 0 fully saturated rings. The van der Waals surface area contributed by atoms with Gasteiger partial charge < -0.3 is 10.1 Å². The lowest BCUT2D eigenvalue weighted by atomic mass is 10.2. The quantitative estimate of drug-likeness (QED) is 0.904. The third-order valence-electron chi connectivity index (χ3n) is 2.91. The number of benzene rings is 1. The number of amides is 1. The number of ether oxygens (including phenoxy) is 1. The van der Waals surface area contributed by atoms with Crippen LogP contribution in [0.2, 0.25) is 5.02 Å². The lowest BCUT2D eigenvalue weighted by Crippen LogP contribution is -2.22. The molecule has 0 saturated heterocycles. The van der Waals surface area contributed by atoms with Crippen LogP contribution in [-0.2, 0) is 13.1 Å². The van der Waals surface area contributed by atoms with Gasteiger partial charge in [0.2, 0.25) is 0 Å². The highest BCUT2D eigenvalue weighted by Gasteiger charge is 2.28. The van der Waals surface area contributed by atoms with Gasteiger partial charge in [-0.3, -0.25) is 9.48 Å². The number of hydrogen-bond donors (Lipinski definition) is 1. The van der Waals surface area contributed by atoms with E-state index >= 15 is 0 Å². The Morgan fingerprint density at radius 1 is 1.43 bits per heavy atom. The molecule has 0 aliphatic carbocycles. The summed E-state index contributed by atoms with van der Waals surface area (Å²) in [5, 5.41) is 6.50. The molecule has 0 radical (unpaired) electrons. The molecule has 0 aliphatic heterocycles. The van der Waals surface area contributed by atoms with Gasteiger partial charge in [0.15, 0.2) is 0 Å². The van der Waals surface area contributed by atoms with Gasteiger partial charge in [-0.2, -0.15) is 18.3 Å². The molecule has 2 rings (SSSR count). The van der Waals surface area contributed by atoms with Crippen molar-refractivity contribution < 1.29 is 22.7 Å². The van der Waals surface area contributed by atoms with Crippen LogP contribution in [0, 0.1) is 0 Å². The SMILES string of the molecule is COc1ccc(CNC(=O)c2cnn(CC(F)(F)F)c2)cc1Cl. The standard InChI is InChI=1S/C14H13ClF3N3O2/c1-23-12-3-2-9(4-11(12)15)5-19-13(22)10-6-20-21(7-10)8-14(16,17)18/h2-4,6-7H,5,8H2,1H3,(H,19,22). The van der Waals surface area contributed by atoms with Gasteiger partial charge in [0.05, 0.1) is 23.9 Å². The number of hydrogen-bond acceptors (Lipinski definition) is 3. The highest BCUT2D eigenvalue weighted by Crippen LogP contribution is 2.24. The minimum atomic E-state index is -4.39. The summed E-state index contributed by atoms with van der Waals surface area (Å²) in [5.41, 5.74) is 0.778. The van der Waals surface area contributed by atoms with Crippen LogP contribution in [0.3, 0.4) is 0 Å². The van der Waals surface area contributed by atoms with E-state index in [4.69, 9.17) is 16.3 Å². The third-order valence-corrected chi connectivity index (χ3v) is 3.20. The molecule has 9 heteroatoms. The Bertz CT molecular complexity index is 701. The maximum absolute atomic E-state index is 12.2. The zero-order valence-electron chi connectivity index (χ0n) is 12.0. The summed E-state index contributed by atoms with van der Waals surface area (Å²) in [6.45, 7) is -1.07. The molecule has 1 aromatic heterocycles. The largest absolute Gasteiger partial charge is 0.495 e. The lowest BCUT2D eigenvalue weighted by Gasteiger charge is -2.07. The van der Waals surface area contributed by atoms with Gasteiger partial charge >= 0.3 is 6.18 Å². The van der Waals surface area contributed by atoms with Crippen LogP contribution >= 0.6 is 11.6 Å². The first-order valence-corrected chi connectivity index (χ1v) is 6.86. The van der Waals surface area contributed by atoms with Crippen molar-refractivity contribution in [1.82, 2.24) is 15.1 Å². The van der Waals surface area contributed by atoms with Crippen molar-refractivity contribution >= 4 is 17.5 Å². The predicted molar refractivity (Wildman–Crippen MR) is 77.5 cm³/mol. The minimum Gasteiger partial charge on any atom is -0.495 e. The third kappa shape index (κ3) is 4.88. The van der Waals surface area contributed by atoms with Crippen molar-refractivity contribution in [3.05, 3.63) is 46.7 Å². The summed E-state index contributed by atoms with van der Waals surface area (Å²) in [4.78, 5) is 11.9. The van der Waals surface area contributed by atoms with Crippen molar-refractivity contribution in [2.24, 2.45) is 0 Å². The molecule has 0 atom stereocenters. The lowest BCUT2D eigenvalue weighted by molar-refractivity contribution is -0.142. The molecule has 1 aromatic carbocycles. The van der Waals surface area contributed by atoms with Crippen LogP contribution in [0.15, 0.2) is 30.6 Å². The van der Waals surface area contributed by atoms with Crippen molar-refractivity contribution in [3.8, 4) is 5.75 Å². The average molecular weight is 348 g/mol. The number of nitrogens with zero attached hydrogens (tertiary/aromatic N) is 2. The first kappa shape index (κ1) is 17.1. The second-order valence-corrected chi connectivity index (χ2v) is 5.10. The van der Waals surface area contributed by atoms with E-state index in [1.54, 1.807) is 18.2 Å². The number of rotatable bonds is 5. The van der Waals surface area contributed by atoms with Crippen LogP contribution in [0.4, 0.5) is 13.2 Å².